The maximum Gasteiger partial charge on any atom is 0.129 e. The van der Waals surface area contributed by atoms with Gasteiger partial charge in [-0.05, 0) is 30.5 Å². The van der Waals surface area contributed by atoms with Gasteiger partial charge in [0.2, 0.25) is 0 Å². The van der Waals surface area contributed by atoms with Gasteiger partial charge in [0.1, 0.15) is 5.82 Å². The zero-order valence-corrected chi connectivity index (χ0v) is 11.8. The summed E-state index contributed by atoms with van der Waals surface area (Å²) < 4.78 is 13.7. The van der Waals surface area contributed by atoms with Crippen molar-refractivity contribution in [2.75, 3.05) is 18.5 Å². The number of nitrogens with zero attached hydrogens (tertiary/aromatic N) is 1. The lowest BCUT2D eigenvalue weighted by Gasteiger charge is -2.22. The van der Waals surface area contributed by atoms with Crippen molar-refractivity contribution in [3.05, 3.63) is 65.5 Å². The van der Waals surface area contributed by atoms with Gasteiger partial charge in [-0.3, -0.25) is 0 Å². The fraction of sp³-hybridized carbons (Fsp3) is 0.294. The molecule has 2 rings (SSSR count). The number of hydrogen-bond acceptors (Lipinski definition) is 2. The maximum atomic E-state index is 13.7. The second-order valence-corrected chi connectivity index (χ2v) is 4.95. The number of anilines is 1. The fourth-order valence-corrected chi connectivity index (χ4v) is 2.39. The van der Waals surface area contributed by atoms with E-state index in [4.69, 9.17) is 5.73 Å². The highest BCUT2D eigenvalue weighted by atomic mass is 19.1. The molecule has 0 fully saturated rings. The standard InChI is InChI=1S/C17H21FN2/c1-20(12-6-9-14-7-3-2-4-8-14)17-11-5-10-16(18)15(17)13-19/h2-5,7-8,10-11H,6,9,12-13,19H2,1H3. The number of nitrogens with two attached hydrogens (primary N) is 1. The topological polar surface area (TPSA) is 29.3 Å². The van der Waals surface area contributed by atoms with Crippen LogP contribution in [0.15, 0.2) is 48.5 Å². The van der Waals surface area contributed by atoms with Crippen molar-refractivity contribution in [3.63, 3.8) is 0 Å². The highest BCUT2D eigenvalue weighted by Crippen LogP contribution is 2.22. The van der Waals surface area contributed by atoms with Crippen LogP contribution in [-0.2, 0) is 13.0 Å². The first-order valence-corrected chi connectivity index (χ1v) is 6.95. The Morgan fingerprint density at radius 3 is 2.50 bits per heavy atom. The Morgan fingerprint density at radius 2 is 1.80 bits per heavy atom. The van der Waals surface area contributed by atoms with Crippen molar-refractivity contribution in [3.8, 4) is 0 Å². The molecule has 0 aliphatic carbocycles. The van der Waals surface area contributed by atoms with Crippen LogP contribution in [0.2, 0.25) is 0 Å². The molecule has 0 aliphatic heterocycles. The third kappa shape index (κ3) is 3.58. The average Bonchev–Trinajstić information content (AvgIpc) is 2.48. The Kier molecular flexibility index (Phi) is 5.13. The minimum Gasteiger partial charge on any atom is -0.374 e. The van der Waals surface area contributed by atoms with E-state index in [1.54, 1.807) is 6.07 Å². The number of benzene rings is 2. The Morgan fingerprint density at radius 1 is 1.05 bits per heavy atom. The summed E-state index contributed by atoms with van der Waals surface area (Å²) >= 11 is 0. The lowest BCUT2D eigenvalue weighted by molar-refractivity contribution is 0.609. The molecule has 2 nitrogen and oxygen atoms in total. The number of halogens is 1. The Bertz CT molecular complexity index is 540. The van der Waals surface area contributed by atoms with E-state index in [1.807, 2.05) is 19.2 Å². The van der Waals surface area contributed by atoms with Crippen molar-refractivity contribution >= 4 is 5.69 Å². The normalized spacial score (nSPS) is 10.6. The molecule has 2 aromatic rings. The molecule has 2 aromatic carbocycles. The monoisotopic (exact) mass is 272 g/mol. The van der Waals surface area contributed by atoms with Crippen LogP contribution in [0, 0.1) is 5.82 Å². The van der Waals surface area contributed by atoms with Gasteiger partial charge in [0.25, 0.3) is 0 Å². The second-order valence-electron chi connectivity index (χ2n) is 4.95. The van der Waals surface area contributed by atoms with Gasteiger partial charge in [-0.1, -0.05) is 36.4 Å². The van der Waals surface area contributed by atoms with E-state index in [0.29, 0.717) is 5.56 Å². The second kappa shape index (κ2) is 7.06. The molecule has 0 atom stereocenters. The molecule has 2 N–H and O–H groups in total. The van der Waals surface area contributed by atoms with Crippen LogP contribution in [-0.4, -0.2) is 13.6 Å². The number of rotatable bonds is 6. The third-order valence-electron chi connectivity index (χ3n) is 3.51. The maximum absolute atomic E-state index is 13.7. The van der Waals surface area contributed by atoms with Crippen LogP contribution in [0.4, 0.5) is 10.1 Å². The molecule has 0 spiro atoms. The van der Waals surface area contributed by atoms with Crippen molar-refractivity contribution < 1.29 is 4.39 Å². The minimum atomic E-state index is -0.222. The lowest BCUT2D eigenvalue weighted by Crippen LogP contribution is -2.21. The molecule has 0 amide bonds. The van der Waals surface area contributed by atoms with Gasteiger partial charge < -0.3 is 10.6 Å². The Labute approximate surface area is 120 Å². The molecule has 0 bridgehead atoms. The zero-order chi connectivity index (χ0) is 14.4. The van der Waals surface area contributed by atoms with Crippen molar-refractivity contribution in [2.24, 2.45) is 5.73 Å². The van der Waals surface area contributed by atoms with Gasteiger partial charge in [-0.2, -0.15) is 0 Å². The van der Waals surface area contributed by atoms with E-state index in [0.717, 1.165) is 25.1 Å². The van der Waals surface area contributed by atoms with Gasteiger partial charge >= 0.3 is 0 Å². The van der Waals surface area contributed by atoms with E-state index in [9.17, 15) is 4.39 Å². The van der Waals surface area contributed by atoms with Crippen LogP contribution >= 0.6 is 0 Å². The van der Waals surface area contributed by atoms with E-state index in [1.165, 1.54) is 11.6 Å². The minimum absolute atomic E-state index is 0.222. The molecule has 106 valence electrons. The third-order valence-corrected chi connectivity index (χ3v) is 3.51. The predicted molar refractivity (Wildman–Crippen MR) is 82.3 cm³/mol. The summed E-state index contributed by atoms with van der Waals surface area (Å²) in [5.74, 6) is -0.222. The van der Waals surface area contributed by atoms with Gasteiger partial charge in [-0.25, -0.2) is 4.39 Å². The van der Waals surface area contributed by atoms with E-state index >= 15 is 0 Å². The quantitative estimate of drug-likeness (QED) is 0.873. The largest absolute Gasteiger partial charge is 0.374 e. The summed E-state index contributed by atoms with van der Waals surface area (Å²) in [6.07, 6.45) is 2.06. The first-order valence-electron chi connectivity index (χ1n) is 6.95. The summed E-state index contributed by atoms with van der Waals surface area (Å²) in [6, 6.07) is 15.5. The molecule has 0 aliphatic rings. The lowest BCUT2D eigenvalue weighted by atomic mass is 10.1. The molecular formula is C17H21FN2. The van der Waals surface area contributed by atoms with Crippen molar-refractivity contribution in [2.45, 2.75) is 19.4 Å². The summed E-state index contributed by atoms with van der Waals surface area (Å²) in [4.78, 5) is 2.08. The molecule has 20 heavy (non-hydrogen) atoms. The van der Waals surface area contributed by atoms with Crippen molar-refractivity contribution in [1.29, 1.82) is 0 Å². The molecule has 0 unspecified atom stereocenters. The molecule has 0 aromatic heterocycles. The van der Waals surface area contributed by atoms with Crippen LogP contribution in [0.3, 0.4) is 0 Å². The summed E-state index contributed by atoms with van der Waals surface area (Å²) in [5, 5.41) is 0. The molecule has 0 heterocycles. The molecule has 0 saturated heterocycles. The summed E-state index contributed by atoms with van der Waals surface area (Å²) in [6.45, 7) is 1.11. The van der Waals surface area contributed by atoms with E-state index in [2.05, 4.69) is 29.2 Å². The molecular weight excluding hydrogens is 251 g/mol. The number of hydrogen-bond donors (Lipinski definition) is 1. The summed E-state index contributed by atoms with van der Waals surface area (Å²) in [5.41, 5.74) is 8.46. The Balaban J connectivity index is 1.95. The first kappa shape index (κ1) is 14.5. The summed E-state index contributed by atoms with van der Waals surface area (Å²) in [7, 11) is 1.99. The SMILES string of the molecule is CN(CCCc1ccccc1)c1cccc(F)c1CN. The van der Waals surface area contributed by atoms with E-state index < -0.39 is 0 Å². The smallest absolute Gasteiger partial charge is 0.129 e. The van der Waals surface area contributed by atoms with Crippen molar-refractivity contribution in [1.82, 2.24) is 0 Å². The van der Waals surface area contributed by atoms with Crippen LogP contribution < -0.4 is 10.6 Å². The fourth-order valence-electron chi connectivity index (χ4n) is 2.39. The molecule has 3 heteroatoms. The van der Waals surface area contributed by atoms with Gasteiger partial charge in [0, 0.05) is 31.4 Å². The van der Waals surface area contributed by atoms with Gasteiger partial charge in [0.05, 0.1) is 0 Å². The zero-order valence-electron chi connectivity index (χ0n) is 11.8. The molecule has 0 radical (unpaired) electrons. The Hall–Kier alpha value is -1.87. The highest BCUT2D eigenvalue weighted by Gasteiger charge is 2.10. The van der Waals surface area contributed by atoms with Crippen LogP contribution in [0.5, 0.6) is 0 Å². The first-order chi connectivity index (χ1) is 9.72. The van der Waals surface area contributed by atoms with E-state index in [-0.39, 0.29) is 12.4 Å². The van der Waals surface area contributed by atoms with Crippen LogP contribution in [0.25, 0.3) is 0 Å². The number of aryl methyl sites for hydroxylation is 1. The van der Waals surface area contributed by atoms with Gasteiger partial charge in [-0.15, -0.1) is 0 Å². The highest BCUT2D eigenvalue weighted by molar-refractivity contribution is 5.53. The van der Waals surface area contributed by atoms with Gasteiger partial charge in [0.15, 0.2) is 0 Å². The average molecular weight is 272 g/mol. The van der Waals surface area contributed by atoms with Crippen LogP contribution in [0.1, 0.15) is 17.5 Å². The predicted octanol–water partition coefficient (Wildman–Crippen LogP) is 3.35. The molecule has 0 saturated carbocycles.